The van der Waals surface area contributed by atoms with Gasteiger partial charge in [-0.1, -0.05) is 6.07 Å². The lowest BCUT2D eigenvalue weighted by Crippen LogP contribution is -2.22. The molecule has 3 nitrogen and oxygen atoms in total. The molecule has 94 valence electrons. The second-order valence-electron chi connectivity index (χ2n) is 4.87. The molecule has 1 fully saturated rings. The van der Waals surface area contributed by atoms with Gasteiger partial charge in [-0.3, -0.25) is 4.98 Å². The monoisotopic (exact) mass is 234 g/mol. The Morgan fingerprint density at radius 3 is 3.12 bits per heavy atom. The van der Waals surface area contributed by atoms with Gasteiger partial charge in [-0.2, -0.15) is 0 Å². The maximum Gasteiger partial charge on any atom is 0.0576 e. The number of nitrogens with two attached hydrogens (primary N) is 1. The van der Waals surface area contributed by atoms with E-state index in [2.05, 4.69) is 11.1 Å². The first-order valence-electron chi connectivity index (χ1n) is 6.60. The second-order valence-corrected chi connectivity index (χ2v) is 4.87. The molecule has 0 aliphatic carbocycles. The molecule has 0 radical (unpaired) electrons. The van der Waals surface area contributed by atoms with E-state index in [0.29, 0.717) is 12.1 Å². The highest BCUT2D eigenvalue weighted by Gasteiger charge is 2.16. The van der Waals surface area contributed by atoms with Crippen LogP contribution in [-0.4, -0.2) is 23.7 Å². The van der Waals surface area contributed by atoms with Gasteiger partial charge in [-0.15, -0.1) is 0 Å². The van der Waals surface area contributed by atoms with Gasteiger partial charge in [0.25, 0.3) is 0 Å². The minimum Gasteiger partial charge on any atom is -0.378 e. The Labute approximate surface area is 103 Å². The van der Waals surface area contributed by atoms with Crippen LogP contribution in [0.3, 0.4) is 0 Å². The zero-order valence-electron chi connectivity index (χ0n) is 10.3. The average molecular weight is 234 g/mol. The number of hydrogen-bond donors (Lipinski definition) is 1. The summed E-state index contributed by atoms with van der Waals surface area (Å²) in [5.74, 6) is 0. The minimum atomic E-state index is 0.291. The van der Waals surface area contributed by atoms with Crippen molar-refractivity contribution in [1.82, 2.24) is 4.98 Å². The Hall–Kier alpha value is -0.930. The van der Waals surface area contributed by atoms with Crippen LogP contribution in [0.15, 0.2) is 24.5 Å². The Morgan fingerprint density at radius 1 is 1.47 bits per heavy atom. The maximum atomic E-state index is 6.12. The lowest BCUT2D eigenvalue weighted by atomic mass is 10.0. The van der Waals surface area contributed by atoms with E-state index < -0.39 is 0 Å². The number of ether oxygens (including phenoxy) is 1. The predicted molar refractivity (Wildman–Crippen MR) is 68.7 cm³/mol. The van der Waals surface area contributed by atoms with Crippen molar-refractivity contribution in [2.24, 2.45) is 5.73 Å². The van der Waals surface area contributed by atoms with E-state index in [1.807, 2.05) is 12.3 Å². The number of hydrogen-bond acceptors (Lipinski definition) is 3. The van der Waals surface area contributed by atoms with Gasteiger partial charge >= 0.3 is 0 Å². The van der Waals surface area contributed by atoms with Gasteiger partial charge in [0.15, 0.2) is 0 Å². The SMILES string of the molecule is NC(CCc1cccnc1)CCC1CCCO1. The Kier molecular flexibility index (Phi) is 4.95. The van der Waals surface area contributed by atoms with Gasteiger partial charge < -0.3 is 10.5 Å². The highest BCUT2D eigenvalue weighted by molar-refractivity contribution is 5.08. The second kappa shape index (κ2) is 6.72. The molecule has 0 bridgehead atoms. The summed E-state index contributed by atoms with van der Waals surface area (Å²) >= 11 is 0. The third-order valence-electron chi connectivity index (χ3n) is 3.41. The molecule has 2 unspecified atom stereocenters. The van der Waals surface area contributed by atoms with E-state index in [1.54, 1.807) is 6.20 Å². The van der Waals surface area contributed by atoms with Gasteiger partial charge in [0.1, 0.15) is 0 Å². The molecule has 2 N–H and O–H groups in total. The number of aromatic nitrogens is 1. The fraction of sp³-hybridized carbons (Fsp3) is 0.643. The Bertz CT molecular complexity index is 309. The molecule has 0 spiro atoms. The first-order valence-corrected chi connectivity index (χ1v) is 6.60. The molecule has 0 aromatic carbocycles. The molecule has 1 aliphatic rings. The molecule has 1 aromatic rings. The molecule has 1 saturated heterocycles. The van der Waals surface area contributed by atoms with Crippen LogP contribution in [0.5, 0.6) is 0 Å². The standard InChI is InChI=1S/C14H22N2O/c15-13(7-8-14-4-2-10-17-14)6-5-12-3-1-9-16-11-12/h1,3,9,11,13-14H,2,4-8,10,15H2. The van der Waals surface area contributed by atoms with Crippen molar-refractivity contribution in [3.63, 3.8) is 0 Å². The van der Waals surface area contributed by atoms with Crippen LogP contribution in [0.2, 0.25) is 0 Å². The smallest absolute Gasteiger partial charge is 0.0576 e. The maximum absolute atomic E-state index is 6.12. The summed E-state index contributed by atoms with van der Waals surface area (Å²) in [6.45, 7) is 0.940. The van der Waals surface area contributed by atoms with Gasteiger partial charge in [0, 0.05) is 25.0 Å². The third kappa shape index (κ3) is 4.44. The summed E-state index contributed by atoms with van der Waals surface area (Å²) in [7, 11) is 0. The van der Waals surface area contributed by atoms with Crippen molar-refractivity contribution in [1.29, 1.82) is 0 Å². The highest BCUT2D eigenvalue weighted by atomic mass is 16.5. The lowest BCUT2D eigenvalue weighted by Gasteiger charge is -2.14. The molecule has 17 heavy (non-hydrogen) atoms. The summed E-state index contributed by atoms with van der Waals surface area (Å²) in [6.07, 6.45) is 10.9. The van der Waals surface area contributed by atoms with Crippen LogP contribution in [0.4, 0.5) is 0 Å². The molecule has 1 aliphatic heterocycles. The Morgan fingerprint density at radius 2 is 2.41 bits per heavy atom. The molecular formula is C14H22N2O. The normalized spacial score (nSPS) is 21.6. The van der Waals surface area contributed by atoms with Gasteiger partial charge in [0.05, 0.1) is 6.10 Å². The first-order chi connectivity index (χ1) is 8.34. The zero-order valence-corrected chi connectivity index (χ0v) is 10.3. The van der Waals surface area contributed by atoms with E-state index in [0.717, 1.165) is 32.3 Å². The number of rotatable bonds is 6. The van der Waals surface area contributed by atoms with E-state index in [1.165, 1.54) is 18.4 Å². The first kappa shape index (κ1) is 12.5. The molecule has 2 heterocycles. The van der Waals surface area contributed by atoms with Crippen LogP contribution in [0, 0.1) is 0 Å². The summed E-state index contributed by atoms with van der Waals surface area (Å²) in [6, 6.07) is 4.38. The largest absolute Gasteiger partial charge is 0.378 e. The van der Waals surface area contributed by atoms with Gasteiger partial charge in [-0.05, 0) is 50.2 Å². The fourth-order valence-corrected chi connectivity index (χ4v) is 2.31. The number of aryl methyl sites for hydroxylation is 1. The molecule has 3 heteroatoms. The van der Waals surface area contributed by atoms with Crippen LogP contribution < -0.4 is 5.73 Å². The van der Waals surface area contributed by atoms with E-state index in [4.69, 9.17) is 10.5 Å². The molecule has 0 amide bonds. The average Bonchev–Trinajstić information content (AvgIpc) is 2.88. The number of nitrogens with zero attached hydrogens (tertiary/aromatic N) is 1. The molecule has 2 rings (SSSR count). The zero-order chi connectivity index (χ0) is 11.9. The van der Waals surface area contributed by atoms with E-state index >= 15 is 0 Å². The van der Waals surface area contributed by atoms with E-state index in [9.17, 15) is 0 Å². The quantitative estimate of drug-likeness (QED) is 0.821. The summed E-state index contributed by atoms with van der Waals surface area (Å²) < 4.78 is 5.60. The van der Waals surface area contributed by atoms with Crippen LogP contribution in [0.25, 0.3) is 0 Å². The molecular weight excluding hydrogens is 212 g/mol. The van der Waals surface area contributed by atoms with E-state index in [-0.39, 0.29) is 0 Å². The molecule has 0 saturated carbocycles. The van der Waals surface area contributed by atoms with Crippen LogP contribution in [-0.2, 0) is 11.2 Å². The van der Waals surface area contributed by atoms with Crippen molar-refractivity contribution in [2.75, 3.05) is 6.61 Å². The Balaban J connectivity index is 1.62. The van der Waals surface area contributed by atoms with Crippen molar-refractivity contribution >= 4 is 0 Å². The van der Waals surface area contributed by atoms with Crippen molar-refractivity contribution in [2.45, 2.75) is 50.7 Å². The lowest BCUT2D eigenvalue weighted by molar-refractivity contribution is 0.100. The van der Waals surface area contributed by atoms with Crippen LogP contribution >= 0.6 is 0 Å². The third-order valence-corrected chi connectivity index (χ3v) is 3.41. The van der Waals surface area contributed by atoms with Crippen molar-refractivity contribution in [3.05, 3.63) is 30.1 Å². The summed E-state index contributed by atoms with van der Waals surface area (Å²) in [5.41, 5.74) is 7.40. The van der Waals surface area contributed by atoms with Gasteiger partial charge in [0.2, 0.25) is 0 Å². The molecule has 1 aromatic heterocycles. The predicted octanol–water partition coefficient (Wildman–Crippen LogP) is 2.30. The van der Waals surface area contributed by atoms with Crippen molar-refractivity contribution < 1.29 is 4.74 Å². The highest BCUT2D eigenvalue weighted by Crippen LogP contribution is 2.18. The van der Waals surface area contributed by atoms with Crippen LogP contribution in [0.1, 0.15) is 37.7 Å². The molecule has 2 atom stereocenters. The number of pyridine rings is 1. The topological polar surface area (TPSA) is 48.1 Å². The minimum absolute atomic E-state index is 0.291. The summed E-state index contributed by atoms with van der Waals surface area (Å²) in [4.78, 5) is 4.11. The fourth-order valence-electron chi connectivity index (χ4n) is 2.31. The van der Waals surface area contributed by atoms with Gasteiger partial charge in [-0.25, -0.2) is 0 Å². The van der Waals surface area contributed by atoms with Crippen molar-refractivity contribution in [3.8, 4) is 0 Å². The summed E-state index contributed by atoms with van der Waals surface area (Å²) in [5, 5.41) is 0.